The van der Waals surface area contributed by atoms with Crippen molar-refractivity contribution in [2.24, 2.45) is 5.14 Å². The fourth-order valence-electron chi connectivity index (χ4n) is 1.68. The van der Waals surface area contributed by atoms with Gasteiger partial charge in [0.2, 0.25) is 21.8 Å². The summed E-state index contributed by atoms with van der Waals surface area (Å²) in [5.41, 5.74) is 0. The van der Waals surface area contributed by atoms with E-state index in [4.69, 9.17) is 9.88 Å². The summed E-state index contributed by atoms with van der Waals surface area (Å²) in [7, 11) is -2.31. The molecule has 0 aliphatic carbocycles. The minimum Gasteiger partial charge on any atom is -0.480 e. The molecule has 2 heterocycles. The molecule has 0 aromatic carbocycles. The van der Waals surface area contributed by atoms with Crippen LogP contribution in [0.2, 0.25) is 0 Å². The average molecular weight is 272 g/mol. The van der Waals surface area contributed by atoms with E-state index in [1.807, 2.05) is 0 Å². The van der Waals surface area contributed by atoms with E-state index >= 15 is 0 Å². The predicted octanol–water partition coefficient (Wildman–Crippen LogP) is -1.12. The first-order valence-electron chi connectivity index (χ1n) is 5.10. The molecule has 9 heteroatoms. The summed E-state index contributed by atoms with van der Waals surface area (Å²) in [4.78, 5) is 20.9. The molecule has 1 saturated heterocycles. The summed E-state index contributed by atoms with van der Waals surface area (Å²) in [6.07, 6.45) is 2.62. The van der Waals surface area contributed by atoms with Crippen LogP contribution in [-0.4, -0.2) is 43.2 Å². The van der Waals surface area contributed by atoms with Gasteiger partial charge in [0.25, 0.3) is 0 Å². The molecule has 0 bridgehead atoms. The van der Waals surface area contributed by atoms with Crippen LogP contribution in [0.25, 0.3) is 0 Å². The summed E-state index contributed by atoms with van der Waals surface area (Å²) in [5.74, 6) is 0.154. The topological polar surface area (TPSA) is 115 Å². The van der Waals surface area contributed by atoms with Gasteiger partial charge in [-0.25, -0.2) is 13.6 Å². The molecule has 1 aliphatic heterocycles. The van der Waals surface area contributed by atoms with Crippen LogP contribution >= 0.6 is 0 Å². The molecule has 1 aliphatic rings. The average Bonchev–Trinajstić information content (AvgIpc) is 2.71. The Bertz CT molecular complexity index is 574. The molecule has 18 heavy (non-hydrogen) atoms. The molecule has 2 N–H and O–H groups in total. The number of carbonyl (C=O) groups excluding carboxylic acids is 1. The predicted molar refractivity (Wildman–Crippen MR) is 62.4 cm³/mol. The largest absolute Gasteiger partial charge is 0.480 e. The van der Waals surface area contributed by atoms with Gasteiger partial charge in [0, 0.05) is 13.0 Å². The minimum atomic E-state index is -3.73. The molecule has 0 saturated carbocycles. The summed E-state index contributed by atoms with van der Waals surface area (Å²) in [6, 6.07) is 0. The zero-order chi connectivity index (χ0) is 13.3. The molecule has 0 spiro atoms. The normalized spacial score (nSPS) is 20.2. The number of carbonyl (C=O) groups is 1. The van der Waals surface area contributed by atoms with Gasteiger partial charge < -0.3 is 4.74 Å². The van der Waals surface area contributed by atoms with Crippen LogP contribution in [0.15, 0.2) is 12.4 Å². The second kappa shape index (κ2) is 4.50. The number of rotatable bonds is 3. The number of primary sulfonamides is 1. The maximum absolute atomic E-state index is 11.7. The van der Waals surface area contributed by atoms with Crippen LogP contribution in [0.1, 0.15) is 6.42 Å². The summed E-state index contributed by atoms with van der Waals surface area (Å²) in [5, 5.41) is 4.13. The van der Waals surface area contributed by atoms with E-state index < -0.39 is 15.3 Å². The van der Waals surface area contributed by atoms with Crippen LogP contribution in [-0.2, 0) is 14.8 Å². The quantitative estimate of drug-likeness (QED) is 0.745. The maximum Gasteiger partial charge on any atom is 0.234 e. The molecule has 1 amide bonds. The van der Waals surface area contributed by atoms with Crippen molar-refractivity contribution in [2.45, 2.75) is 11.7 Å². The molecule has 1 aromatic rings. The van der Waals surface area contributed by atoms with Gasteiger partial charge in [0.05, 0.1) is 19.5 Å². The Labute approximate surface area is 104 Å². The van der Waals surface area contributed by atoms with Crippen molar-refractivity contribution in [1.29, 1.82) is 0 Å². The van der Waals surface area contributed by atoms with E-state index in [0.717, 1.165) is 0 Å². The Balaban J connectivity index is 2.27. The molecule has 1 atom stereocenters. The fraction of sp³-hybridized carbons (Fsp3) is 0.444. The SMILES string of the molecule is COc1cncc(N2CC(S(N)(=O)=O)CC2=O)n1. The van der Waals surface area contributed by atoms with E-state index in [1.54, 1.807) is 0 Å². The highest BCUT2D eigenvalue weighted by atomic mass is 32.2. The maximum atomic E-state index is 11.7. The van der Waals surface area contributed by atoms with Crippen LogP contribution in [0.5, 0.6) is 5.88 Å². The Hall–Kier alpha value is -1.74. The summed E-state index contributed by atoms with van der Waals surface area (Å²) < 4.78 is 27.3. The van der Waals surface area contributed by atoms with Crippen molar-refractivity contribution in [3.05, 3.63) is 12.4 Å². The molecule has 2 rings (SSSR count). The van der Waals surface area contributed by atoms with E-state index in [9.17, 15) is 13.2 Å². The monoisotopic (exact) mass is 272 g/mol. The number of aromatic nitrogens is 2. The van der Waals surface area contributed by atoms with Gasteiger partial charge in [-0.3, -0.25) is 14.7 Å². The lowest BCUT2D eigenvalue weighted by Crippen LogP contribution is -2.32. The molecule has 1 fully saturated rings. The van der Waals surface area contributed by atoms with Gasteiger partial charge in [-0.2, -0.15) is 4.98 Å². The Morgan fingerprint density at radius 2 is 2.22 bits per heavy atom. The number of methoxy groups -OCH3 is 1. The van der Waals surface area contributed by atoms with Crippen LogP contribution in [0, 0.1) is 0 Å². The lowest BCUT2D eigenvalue weighted by molar-refractivity contribution is -0.117. The zero-order valence-electron chi connectivity index (χ0n) is 9.61. The van der Waals surface area contributed by atoms with Gasteiger partial charge in [0.1, 0.15) is 5.25 Å². The van der Waals surface area contributed by atoms with E-state index in [1.165, 1.54) is 24.4 Å². The molecule has 1 unspecified atom stereocenters. The van der Waals surface area contributed by atoms with Crippen LogP contribution in [0.4, 0.5) is 5.82 Å². The fourth-order valence-corrected chi connectivity index (χ4v) is 2.41. The van der Waals surface area contributed by atoms with Crippen molar-refractivity contribution in [2.75, 3.05) is 18.6 Å². The van der Waals surface area contributed by atoms with Crippen molar-refractivity contribution >= 4 is 21.7 Å². The van der Waals surface area contributed by atoms with E-state index in [0.29, 0.717) is 0 Å². The van der Waals surface area contributed by atoms with Crippen LogP contribution < -0.4 is 14.8 Å². The van der Waals surface area contributed by atoms with Gasteiger partial charge in [-0.1, -0.05) is 0 Å². The van der Waals surface area contributed by atoms with Crippen molar-refractivity contribution < 1.29 is 17.9 Å². The van der Waals surface area contributed by atoms with Gasteiger partial charge >= 0.3 is 0 Å². The first kappa shape index (κ1) is 12.7. The third kappa shape index (κ3) is 2.41. The van der Waals surface area contributed by atoms with Gasteiger partial charge in [-0.15, -0.1) is 0 Å². The minimum absolute atomic E-state index is 0.0144. The number of nitrogens with zero attached hydrogens (tertiary/aromatic N) is 3. The smallest absolute Gasteiger partial charge is 0.234 e. The lowest BCUT2D eigenvalue weighted by Gasteiger charge is -2.14. The standard InChI is InChI=1S/C9H12N4O4S/c1-17-8-4-11-3-7(12-8)13-5-6(2-9(13)14)18(10,15)16/h3-4,6H,2,5H2,1H3,(H2,10,15,16). The number of hydrogen-bond donors (Lipinski definition) is 1. The number of sulfonamides is 1. The number of amides is 1. The highest BCUT2D eigenvalue weighted by Crippen LogP contribution is 2.23. The number of hydrogen-bond acceptors (Lipinski definition) is 6. The Morgan fingerprint density at radius 3 is 2.78 bits per heavy atom. The van der Waals surface area contributed by atoms with Gasteiger partial charge in [-0.05, 0) is 0 Å². The molecule has 8 nitrogen and oxygen atoms in total. The molecule has 98 valence electrons. The molecule has 0 radical (unpaired) electrons. The second-order valence-corrected chi connectivity index (χ2v) is 5.68. The zero-order valence-corrected chi connectivity index (χ0v) is 10.4. The molecular weight excluding hydrogens is 260 g/mol. The third-order valence-corrected chi connectivity index (χ3v) is 3.88. The molecular formula is C9H12N4O4S. The number of nitrogens with two attached hydrogens (primary N) is 1. The molecule has 1 aromatic heterocycles. The van der Waals surface area contributed by atoms with E-state index in [2.05, 4.69) is 9.97 Å². The Morgan fingerprint density at radius 1 is 1.50 bits per heavy atom. The van der Waals surface area contributed by atoms with E-state index in [-0.39, 0.29) is 30.6 Å². The van der Waals surface area contributed by atoms with Crippen molar-refractivity contribution in [3.63, 3.8) is 0 Å². The number of anilines is 1. The van der Waals surface area contributed by atoms with Gasteiger partial charge in [0.15, 0.2) is 5.82 Å². The summed E-state index contributed by atoms with van der Waals surface area (Å²) in [6.45, 7) is -0.0144. The van der Waals surface area contributed by atoms with Crippen molar-refractivity contribution in [1.82, 2.24) is 9.97 Å². The lowest BCUT2D eigenvalue weighted by atomic mass is 10.4. The number of ether oxygens (including phenoxy) is 1. The first-order chi connectivity index (χ1) is 8.41. The highest BCUT2D eigenvalue weighted by Gasteiger charge is 2.37. The van der Waals surface area contributed by atoms with Crippen LogP contribution in [0.3, 0.4) is 0 Å². The second-order valence-electron chi connectivity index (χ2n) is 3.84. The highest BCUT2D eigenvalue weighted by molar-refractivity contribution is 7.89. The first-order valence-corrected chi connectivity index (χ1v) is 6.71. The third-order valence-electron chi connectivity index (χ3n) is 2.64. The summed E-state index contributed by atoms with van der Waals surface area (Å²) >= 11 is 0. The Kier molecular flexibility index (Phi) is 3.18. The van der Waals surface area contributed by atoms with Crippen molar-refractivity contribution in [3.8, 4) is 5.88 Å².